The van der Waals surface area contributed by atoms with E-state index in [0.717, 1.165) is 86.2 Å². The van der Waals surface area contributed by atoms with Crippen molar-refractivity contribution >= 4 is 43.4 Å². The van der Waals surface area contributed by atoms with Gasteiger partial charge >= 0.3 is 0 Å². The Labute approximate surface area is 217 Å². The smallest absolute Gasteiger partial charge is 0.150 e. The molecule has 0 aromatic carbocycles. The van der Waals surface area contributed by atoms with Crippen LogP contribution in [0.25, 0.3) is 20.4 Å². The Hall–Kier alpha value is -2.07. The van der Waals surface area contributed by atoms with Gasteiger partial charge in [-0.2, -0.15) is 0 Å². The van der Waals surface area contributed by atoms with Crippen LogP contribution in [0.3, 0.4) is 0 Å². The third kappa shape index (κ3) is 4.55. The van der Waals surface area contributed by atoms with Crippen LogP contribution in [0.2, 0.25) is 0 Å². The van der Waals surface area contributed by atoms with E-state index in [1.807, 2.05) is 0 Å². The highest BCUT2D eigenvalue weighted by Crippen LogP contribution is 2.46. The number of rotatable bonds is 7. The van der Waals surface area contributed by atoms with Gasteiger partial charge in [0.2, 0.25) is 0 Å². The van der Waals surface area contributed by atoms with Gasteiger partial charge in [-0.3, -0.25) is 4.90 Å². The van der Waals surface area contributed by atoms with E-state index in [4.69, 9.17) is 19.7 Å². The van der Waals surface area contributed by atoms with Crippen LogP contribution >= 0.6 is 11.3 Å². The van der Waals surface area contributed by atoms with Crippen molar-refractivity contribution in [3.8, 4) is 0 Å². The van der Waals surface area contributed by atoms with Crippen LogP contribution in [0, 0.1) is 5.41 Å². The van der Waals surface area contributed by atoms with Gasteiger partial charge in [-0.1, -0.05) is 13.8 Å². The predicted octanol–water partition coefficient (Wildman–Crippen LogP) is 3.49. The minimum atomic E-state index is 0.0977. The Morgan fingerprint density at radius 1 is 1.08 bits per heavy atom. The van der Waals surface area contributed by atoms with Gasteiger partial charge in [0.25, 0.3) is 0 Å². The molecule has 36 heavy (non-hydrogen) atoms. The first kappa shape index (κ1) is 24.3. The molecule has 0 bridgehead atoms. The summed E-state index contributed by atoms with van der Waals surface area (Å²) in [5.41, 5.74) is 4.21. The molecule has 3 aromatic rings. The second-order valence-corrected chi connectivity index (χ2v) is 12.2. The number of pyridine rings is 1. The normalized spacial score (nSPS) is 20.4. The van der Waals surface area contributed by atoms with Gasteiger partial charge in [-0.25, -0.2) is 15.0 Å². The standard InChI is InChI=1S/C27H38N6O2S/c1-27(2)6-5-19-20(17-27)21-22-23(36-26(21)30-24(19)32-7-3-4-8-32)25(29-18-28-22)33(11-14-34)10-9-31-12-15-35-16-13-31/h18,34H,3-17H2,1-2H3. The first-order valence-electron chi connectivity index (χ1n) is 13.5. The maximum Gasteiger partial charge on any atom is 0.150 e. The van der Waals surface area contributed by atoms with Gasteiger partial charge in [0.15, 0.2) is 0 Å². The minimum Gasteiger partial charge on any atom is -0.395 e. The molecule has 0 radical (unpaired) electrons. The second-order valence-electron chi connectivity index (χ2n) is 11.2. The third-order valence-electron chi connectivity index (χ3n) is 8.15. The van der Waals surface area contributed by atoms with Crippen LogP contribution in [-0.2, 0) is 17.6 Å². The lowest BCUT2D eigenvalue weighted by Crippen LogP contribution is -2.42. The molecular formula is C27H38N6O2S. The van der Waals surface area contributed by atoms with Gasteiger partial charge in [-0.05, 0) is 48.6 Å². The molecule has 0 atom stereocenters. The number of anilines is 2. The molecule has 194 valence electrons. The zero-order valence-electron chi connectivity index (χ0n) is 21.6. The number of thiophene rings is 1. The quantitative estimate of drug-likeness (QED) is 0.518. The molecule has 3 aromatic heterocycles. The molecule has 2 saturated heterocycles. The number of fused-ring (bicyclic) bond motifs is 5. The lowest BCUT2D eigenvalue weighted by Gasteiger charge is -2.34. The summed E-state index contributed by atoms with van der Waals surface area (Å²) in [4.78, 5) is 23.2. The molecule has 9 heteroatoms. The maximum atomic E-state index is 9.89. The van der Waals surface area contributed by atoms with Crippen LogP contribution in [0.1, 0.15) is 44.2 Å². The second kappa shape index (κ2) is 10.0. The highest BCUT2D eigenvalue weighted by molar-refractivity contribution is 7.26. The monoisotopic (exact) mass is 510 g/mol. The van der Waals surface area contributed by atoms with E-state index >= 15 is 0 Å². The fourth-order valence-electron chi connectivity index (χ4n) is 6.12. The molecule has 2 fully saturated rings. The summed E-state index contributed by atoms with van der Waals surface area (Å²) in [5.74, 6) is 2.14. The number of morpholine rings is 1. The van der Waals surface area contributed by atoms with Crippen molar-refractivity contribution in [2.75, 3.05) is 75.4 Å². The average Bonchev–Trinajstić information content (AvgIpc) is 3.54. The Balaban J connectivity index is 1.45. The van der Waals surface area contributed by atoms with Crippen molar-refractivity contribution in [2.24, 2.45) is 5.41 Å². The zero-order valence-corrected chi connectivity index (χ0v) is 22.4. The van der Waals surface area contributed by atoms with E-state index in [2.05, 4.69) is 28.5 Å². The van der Waals surface area contributed by atoms with Crippen molar-refractivity contribution in [3.63, 3.8) is 0 Å². The molecule has 3 aliphatic rings. The first-order chi connectivity index (χ1) is 17.5. The van der Waals surface area contributed by atoms with Crippen LogP contribution in [0.15, 0.2) is 6.33 Å². The highest BCUT2D eigenvalue weighted by Gasteiger charge is 2.33. The Morgan fingerprint density at radius 3 is 2.67 bits per heavy atom. The van der Waals surface area contributed by atoms with Crippen LogP contribution in [0.4, 0.5) is 11.6 Å². The number of aliphatic hydroxyl groups excluding tert-OH is 1. The summed E-state index contributed by atoms with van der Waals surface area (Å²) in [6.07, 6.45) is 7.55. The Kier molecular flexibility index (Phi) is 6.75. The van der Waals surface area contributed by atoms with Crippen LogP contribution < -0.4 is 9.80 Å². The topological polar surface area (TPSA) is 77.9 Å². The minimum absolute atomic E-state index is 0.0977. The molecule has 0 spiro atoms. The third-order valence-corrected chi connectivity index (χ3v) is 9.22. The molecule has 2 aliphatic heterocycles. The summed E-state index contributed by atoms with van der Waals surface area (Å²) in [6.45, 7) is 12.9. The molecule has 0 amide bonds. The lowest BCUT2D eigenvalue weighted by molar-refractivity contribution is 0.0391. The highest BCUT2D eigenvalue weighted by atomic mass is 32.1. The van der Waals surface area contributed by atoms with Crippen LogP contribution in [0.5, 0.6) is 0 Å². The lowest BCUT2D eigenvalue weighted by atomic mass is 9.73. The van der Waals surface area contributed by atoms with Gasteiger partial charge in [0.05, 0.1) is 30.0 Å². The van der Waals surface area contributed by atoms with Crippen molar-refractivity contribution in [1.29, 1.82) is 0 Å². The van der Waals surface area contributed by atoms with E-state index in [0.29, 0.717) is 6.54 Å². The SMILES string of the molecule is CC1(C)CCc2c(N3CCCC3)nc3sc4c(N(CCO)CCN5CCOCC5)ncnc4c3c2C1. The van der Waals surface area contributed by atoms with E-state index < -0.39 is 0 Å². The average molecular weight is 511 g/mol. The van der Waals surface area contributed by atoms with E-state index in [1.165, 1.54) is 41.6 Å². The van der Waals surface area contributed by atoms with Gasteiger partial charge in [0, 0.05) is 51.2 Å². The van der Waals surface area contributed by atoms with Crippen molar-refractivity contribution in [1.82, 2.24) is 19.9 Å². The molecule has 1 aliphatic carbocycles. The maximum absolute atomic E-state index is 9.89. The molecular weight excluding hydrogens is 472 g/mol. The van der Waals surface area contributed by atoms with Gasteiger partial charge in [0.1, 0.15) is 22.8 Å². The van der Waals surface area contributed by atoms with Crippen molar-refractivity contribution < 1.29 is 9.84 Å². The number of aromatic nitrogens is 3. The number of hydrogen-bond donors (Lipinski definition) is 1. The number of ether oxygens (including phenoxy) is 1. The zero-order chi connectivity index (χ0) is 24.7. The first-order valence-corrected chi connectivity index (χ1v) is 14.4. The van der Waals surface area contributed by atoms with Crippen molar-refractivity contribution in [3.05, 3.63) is 17.5 Å². The summed E-state index contributed by atoms with van der Waals surface area (Å²) >= 11 is 1.73. The van der Waals surface area contributed by atoms with Gasteiger partial charge in [-0.15, -0.1) is 11.3 Å². The van der Waals surface area contributed by atoms with Crippen molar-refractivity contribution in [2.45, 2.75) is 46.0 Å². The van der Waals surface area contributed by atoms with Crippen LogP contribution in [-0.4, -0.2) is 90.6 Å². The van der Waals surface area contributed by atoms with E-state index in [9.17, 15) is 5.11 Å². The molecule has 5 heterocycles. The fraction of sp³-hybridized carbons (Fsp3) is 0.667. The van der Waals surface area contributed by atoms with Gasteiger partial charge < -0.3 is 19.6 Å². The predicted molar refractivity (Wildman–Crippen MR) is 147 cm³/mol. The summed E-state index contributed by atoms with van der Waals surface area (Å²) < 4.78 is 6.61. The Bertz CT molecular complexity index is 1230. The molecule has 0 saturated carbocycles. The Morgan fingerprint density at radius 2 is 1.89 bits per heavy atom. The summed E-state index contributed by atoms with van der Waals surface area (Å²) in [7, 11) is 0. The van der Waals surface area contributed by atoms with E-state index in [-0.39, 0.29) is 12.0 Å². The number of nitrogens with zero attached hydrogens (tertiary/aromatic N) is 6. The fourth-order valence-corrected chi connectivity index (χ4v) is 7.29. The van der Waals surface area contributed by atoms with E-state index in [1.54, 1.807) is 17.7 Å². The largest absolute Gasteiger partial charge is 0.395 e. The number of aliphatic hydroxyl groups is 1. The molecule has 0 unspecified atom stereocenters. The summed E-state index contributed by atoms with van der Waals surface area (Å²) in [5, 5.41) is 11.1. The molecule has 1 N–H and O–H groups in total. The number of hydrogen-bond acceptors (Lipinski definition) is 9. The summed E-state index contributed by atoms with van der Waals surface area (Å²) in [6, 6.07) is 0. The molecule has 6 rings (SSSR count). The molecule has 8 nitrogen and oxygen atoms in total.